The van der Waals surface area contributed by atoms with E-state index in [4.69, 9.17) is 0 Å². The van der Waals surface area contributed by atoms with Gasteiger partial charge in [-0.15, -0.1) is 11.3 Å². The molecule has 2 aromatic heterocycles. The number of anilines is 1. The highest BCUT2D eigenvalue weighted by molar-refractivity contribution is 7.15. The molecule has 6 heteroatoms. The molecule has 3 heterocycles. The lowest BCUT2D eigenvalue weighted by molar-refractivity contribution is -0.116. The minimum Gasteiger partial charge on any atom is -0.361 e. The third kappa shape index (κ3) is 4.70. The minimum atomic E-state index is 0.0482. The van der Waals surface area contributed by atoms with Crippen LogP contribution in [-0.4, -0.2) is 27.3 Å². The molecule has 1 aliphatic rings. The van der Waals surface area contributed by atoms with Gasteiger partial charge in [-0.25, -0.2) is 4.98 Å². The third-order valence-electron chi connectivity index (χ3n) is 5.83. The normalized spacial score (nSPS) is 13.9. The fourth-order valence-corrected chi connectivity index (χ4v) is 5.30. The van der Waals surface area contributed by atoms with Crippen LogP contribution < -0.4 is 5.32 Å². The van der Waals surface area contributed by atoms with Crippen molar-refractivity contribution in [1.82, 2.24) is 14.9 Å². The van der Waals surface area contributed by atoms with E-state index in [1.165, 1.54) is 21.4 Å². The molecule has 0 bridgehead atoms. The van der Waals surface area contributed by atoms with Gasteiger partial charge in [-0.2, -0.15) is 0 Å². The molecule has 158 valence electrons. The molecule has 2 N–H and O–H groups in total. The van der Waals surface area contributed by atoms with Crippen LogP contribution in [0.25, 0.3) is 10.9 Å². The second-order valence-electron chi connectivity index (χ2n) is 8.10. The van der Waals surface area contributed by atoms with Crippen molar-refractivity contribution in [3.8, 4) is 0 Å². The van der Waals surface area contributed by atoms with Gasteiger partial charge in [0.25, 0.3) is 0 Å². The van der Waals surface area contributed by atoms with E-state index < -0.39 is 0 Å². The number of carbonyl (C=O) groups excluding carboxylic acids is 1. The van der Waals surface area contributed by atoms with Gasteiger partial charge in [0, 0.05) is 54.5 Å². The first-order valence-corrected chi connectivity index (χ1v) is 11.7. The number of amides is 1. The van der Waals surface area contributed by atoms with Crippen LogP contribution in [0.15, 0.2) is 60.8 Å². The Morgan fingerprint density at radius 2 is 1.97 bits per heavy atom. The molecule has 0 saturated carbocycles. The highest BCUT2D eigenvalue weighted by atomic mass is 32.1. The van der Waals surface area contributed by atoms with Crippen molar-refractivity contribution >= 4 is 33.3 Å². The molecule has 0 unspecified atom stereocenters. The number of benzene rings is 2. The number of H-pyrrole nitrogens is 1. The van der Waals surface area contributed by atoms with Gasteiger partial charge < -0.3 is 10.3 Å². The van der Waals surface area contributed by atoms with E-state index in [2.05, 4.69) is 74.9 Å². The Hall–Kier alpha value is -2.96. The molecule has 31 heavy (non-hydrogen) atoms. The highest BCUT2D eigenvalue weighted by Crippen LogP contribution is 2.29. The van der Waals surface area contributed by atoms with Gasteiger partial charge in [0.1, 0.15) is 0 Å². The first kappa shape index (κ1) is 20.0. The van der Waals surface area contributed by atoms with Crippen LogP contribution in [0.3, 0.4) is 0 Å². The van der Waals surface area contributed by atoms with E-state index in [9.17, 15) is 4.79 Å². The number of hydrogen-bond donors (Lipinski definition) is 2. The Morgan fingerprint density at radius 1 is 1.13 bits per heavy atom. The van der Waals surface area contributed by atoms with Crippen molar-refractivity contribution in [2.45, 2.75) is 38.8 Å². The molecular weight excluding hydrogens is 404 g/mol. The number of hydrogen-bond acceptors (Lipinski definition) is 4. The van der Waals surface area contributed by atoms with Crippen molar-refractivity contribution in [3.63, 3.8) is 0 Å². The summed E-state index contributed by atoms with van der Waals surface area (Å²) in [6, 6.07) is 18.9. The fourth-order valence-electron chi connectivity index (χ4n) is 4.24. The fraction of sp³-hybridized carbons (Fsp3) is 0.280. The van der Waals surface area contributed by atoms with Crippen LogP contribution in [0.4, 0.5) is 5.13 Å². The lowest BCUT2D eigenvalue weighted by Gasteiger charge is -2.25. The number of nitrogens with zero attached hydrogens (tertiary/aromatic N) is 2. The Morgan fingerprint density at radius 3 is 2.87 bits per heavy atom. The number of fused-ring (bicyclic) bond motifs is 2. The predicted molar refractivity (Wildman–Crippen MR) is 126 cm³/mol. The van der Waals surface area contributed by atoms with Crippen LogP contribution in [-0.2, 0) is 30.7 Å². The van der Waals surface area contributed by atoms with Crippen LogP contribution in [0.1, 0.15) is 34.5 Å². The van der Waals surface area contributed by atoms with Gasteiger partial charge in [-0.05, 0) is 30.0 Å². The lowest BCUT2D eigenvalue weighted by Crippen LogP contribution is -2.29. The van der Waals surface area contributed by atoms with Gasteiger partial charge in [-0.3, -0.25) is 9.69 Å². The summed E-state index contributed by atoms with van der Waals surface area (Å²) in [5, 5.41) is 5.01. The SMILES string of the molecule is O=C(CCCc1c[nH]c2ccccc12)Nc1nc2c(s1)CN(Cc1ccccc1)CC2. The molecule has 5 nitrogen and oxygen atoms in total. The number of aryl methyl sites for hydroxylation is 1. The zero-order valence-electron chi connectivity index (χ0n) is 17.4. The molecule has 0 aliphatic carbocycles. The summed E-state index contributed by atoms with van der Waals surface area (Å²) in [5.74, 6) is 0.0482. The number of aromatic nitrogens is 2. The van der Waals surface area contributed by atoms with Crippen LogP contribution >= 0.6 is 11.3 Å². The summed E-state index contributed by atoms with van der Waals surface area (Å²) < 4.78 is 0. The van der Waals surface area contributed by atoms with Crippen molar-refractivity contribution < 1.29 is 4.79 Å². The first-order valence-electron chi connectivity index (χ1n) is 10.8. The molecule has 1 aliphatic heterocycles. The Labute approximate surface area is 186 Å². The number of thiazole rings is 1. The molecule has 0 atom stereocenters. The maximum absolute atomic E-state index is 12.5. The van der Waals surface area contributed by atoms with E-state index >= 15 is 0 Å². The molecular formula is C25H26N4OS. The molecule has 0 radical (unpaired) electrons. The van der Waals surface area contributed by atoms with Crippen molar-refractivity contribution in [3.05, 3.63) is 82.5 Å². The van der Waals surface area contributed by atoms with Crippen molar-refractivity contribution in [2.24, 2.45) is 0 Å². The van der Waals surface area contributed by atoms with E-state index in [0.29, 0.717) is 6.42 Å². The lowest BCUT2D eigenvalue weighted by atomic mass is 10.1. The molecule has 2 aromatic carbocycles. The third-order valence-corrected chi connectivity index (χ3v) is 6.83. The summed E-state index contributed by atoms with van der Waals surface area (Å²) in [5.41, 5.74) is 4.89. The van der Waals surface area contributed by atoms with E-state index in [0.717, 1.165) is 55.2 Å². The zero-order chi connectivity index (χ0) is 21.0. The smallest absolute Gasteiger partial charge is 0.226 e. The first-order chi connectivity index (χ1) is 15.2. The van der Waals surface area contributed by atoms with E-state index in [-0.39, 0.29) is 5.91 Å². The second-order valence-corrected chi connectivity index (χ2v) is 9.18. The molecule has 0 saturated heterocycles. The number of nitrogens with one attached hydrogen (secondary N) is 2. The van der Waals surface area contributed by atoms with Crippen molar-refractivity contribution in [1.29, 1.82) is 0 Å². The summed E-state index contributed by atoms with van der Waals surface area (Å²) in [6.07, 6.45) is 5.21. The number of para-hydroxylation sites is 1. The maximum Gasteiger partial charge on any atom is 0.226 e. The molecule has 0 fully saturated rings. The number of carbonyl (C=O) groups is 1. The summed E-state index contributed by atoms with van der Waals surface area (Å²) in [6.45, 7) is 2.86. The molecule has 1 amide bonds. The Bertz CT molecular complexity index is 1180. The topological polar surface area (TPSA) is 61.0 Å². The molecule has 0 spiro atoms. The van der Waals surface area contributed by atoms with Gasteiger partial charge in [0.2, 0.25) is 5.91 Å². The van der Waals surface area contributed by atoms with Crippen LogP contribution in [0.5, 0.6) is 0 Å². The quantitative estimate of drug-likeness (QED) is 0.427. The minimum absolute atomic E-state index is 0.0482. The Balaban J connectivity index is 1.13. The van der Waals surface area contributed by atoms with Gasteiger partial charge in [0.15, 0.2) is 5.13 Å². The molecule has 5 rings (SSSR count). The van der Waals surface area contributed by atoms with Crippen LogP contribution in [0.2, 0.25) is 0 Å². The van der Waals surface area contributed by atoms with Crippen molar-refractivity contribution in [2.75, 3.05) is 11.9 Å². The Kier molecular flexibility index (Phi) is 5.82. The zero-order valence-corrected chi connectivity index (χ0v) is 18.3. The summed E-state index contributed by atoms with van der Waals surface area (Å²) in [7, 11) is 0. The summed E-state index contributed by atoms with van der Waals surface area (Å²) in [4.78, 5) is 24.2. The number of rotatable bonds is 7. The average Bonchev–Trinajstić information content (AvgIpc) is 3.38. The summed E-state index contributed by atoms with van der Waals surface area (Å²) >= 11 is 1.62. The standard InChI is InChI=1S/C25H26N4OS/c30-24(12-6-9-19-15-26-21-11-5-4-10-20(19)21)28-25-27-22-13-14-29(17-23(22)31-25)16-18-7-2-1-3-8-18/h1-5,7-8,10-11,15,26H,6,9,12-14,16-17H2,(H,27,28,30). The monoisotopic (exact) mass is 430 g/mol. The predicted octanol–water partition coefficient (Wildman–Crippen LogP) is 5.14. The van der Waals surface area contributed by atoms with Gasteiger partial charge in [0.05, 0.1) is 5.69 Å². The highest BCUT2D eigenvalue weighted by Gasteiger charge is 2.21. The second kappa shape index (κ2) is 9.04. The average molecular weight is 431 g/mol. The number of aromatic amines is 1. The van der Waals surface area contributed by atoms with E-state index in [1.807, 2.05) is 6.07 Å². The van der Waals surface area contributed by atoms with Gasteiger partial charge in [-0.1, -0.05) is 48.5 Å². The largest absolute Gasteiger partial charge is 0.361 e. The van der Waals surface area contributed by atoms with Gasteiger partial charge >= 0.3 is 0 Å². The van der Waals surface area contributed by atoms with Crippen LogP contribution in [0, 0.1) is 0 Å². The maximum atomic E-state index is 12.5. The molecule has 4 aromatic rings. The van der Waals surface area contributed by atoms with E-state index in [1.54, 1.807) is 11.3 Å².